The van der Waals surface area contributed by atoms with Crippen molar-refractivity contribution in [3.63, 3.8) is 0 Å². The van der Waals surface area contributed by atoms with Crippen molar-refractivity contribution in [2.24, 2.45) is 0 Å². The van der Waals surface area contributed by atoms with Crippen molar-refractivity contribution in [1.82, 2.24) is 4.31 Å². The van der Waals surface area contributed by atoms with E-state index in [0.717, 1.165) is 16.7 Å². The minimum absolute atomic E-state index is 0.119. The zero-order valence-electron chi connectivity index (χ0n) is 17.7. The molecule has 1 N–H and O–H groups in total. The molecule has 1 heterocycles. The van der Waals surface area contributed by atoms with Crippen molar-refractivity contribution in [3.8, 4) is 5.75 Å². The van der Waals surface area contributed by atoms with Gasteiger partial charge in [-0.2, -0.15) is 4.31 Å². The average Bonchev–Trinajstić information content (AvgIpc) is 2.78. The number of amides is 1. The smallest absolute Gasteiger partial charge is 0.244 e. The molecule has 166 valence electrons. The number of nitrogens with one attached hydrogen (secondary N) is 1. The summed E-state index contributed by atoms with van der Waals surface area (Å²) in [4.78, 5) is 13.5. The van der Waals surface area contributed by atoms with Crippen molar-refractivity contribution in [2.75, 3.05) is 12.4 Å². The Balaban J connectivity index is 1.69. The molecule has 0 aliphatic carbocycles. The molecule has 1 aliphatic heterocycles. The average molecular weight is 471 g/mol. The summed E-state index contributed by atoms with van der Waals surface area (Å²) in [7, 11) is -2.39. The van der Waals surface area contributed by atoms with Crippen LogP contribution in [0.25, 0.3) is 0 Å². The van der Waals surface area contributed by atoms with Gasteiger partial charge in [-0.3, -0.25) is 4.79 Å². The van der Waals surface area contributed by atoms with E-state index in [1.165, 1.54) is 11.4 Å². The second-order valence-electron chi connectivity index (χ2n) is 7.69. The summed E-state index contributed by atoms with van der Waals surface area (Å²) in [6.45, 7) is 2.01. The van der Waals surface area contributed by atoms with Crippen molar-refractivity contribution in [3.05, 3.63) is 88.4 Å². The van der Waals surface area contributed by atoms with Crippen LogP contribution in [0.5, 0.6) is 5.75 Å². The number of rotatable bonds is 5. The lowest BCUT2D eigenvalue weighted by molar-refractivity contribution is -0.120. The van der Waals surface area contributed by atoms with Gasteiger partial charge in [-0.15, -0.1) is 0 Å². The van der Waals surface area contributed by atoms with Crippen molar-refractivity contribution in [1.29, 1.82) is 0 Å². The molecule has 3 aromatic carbocycles. The molecule has 0 radical (unpaired) electrons. The Morgan fingerprint density at radius 3 is 2.41 bits per heavy atom. The van der Waals surface area contributed by atoms with Crippen LogP contribution in [0, 0.1) is 6.92 Å². The van der Waals surface area contributed by atoms with Crippen LogP contribution in [-0.2, 0) is 27.8 Å². The molecule has 6 nitrogen and oxygen atoms in total. The number of ether oxygens (including phenoxy) is 1. The van der Waals surface area contributed by atoms with Crippen LogP contribution in [0.1, 0.15) is 16.7 Å². The molecule has 0 aromatic heterocycles. The van der Waals surface area contributed by atoms with Crippen LogP contribution in [0.15, 0.2) is 71.6 Å². The Morgan fingerprint density at radius 1 is 1.06 bits per heavy atom. The lowest BCUT2D eigenvalue weighted by Crippen LogP contribution is -2.50. The molecule has 1 amide bonds. The highest BCUT2D eigenvalue weighted by Crippen LogP contribution is 2.31. The van der Waals surface area contributed by atoms with Gasteiger partial charge >= 0.3 is 0 Å². The zero-order valence-corrected chi connectivity index (χ0v) is 19.3. The Bertz CT molecular complexity index is 1260. The lowest BCUT2D eigenvalue weighted by Gasteiger charge is -2.35. The van der Waals surface area contributed by atoms with E-state index in [2.05, 4.69) is 5.32 Å². The molecule has 3 aromatic rings. The molecule has 1 atom stereocenters. The summed E-state index contributed by atoms with van der Waals surface area (Å²) in [6, 6.07) is 18.2. The largest absolute Gasteiger partial charge is 0.495 e. The Hall–Kier alpha value is -2.87. The van der Waals surface area contributed by atoms with E-state index in [9.17, 15) is 13.2 Å². The van der Waals surface area contributed by atoms with Crippen LogP contribution >= 0.6 is 11.6 Å². The van der Waals surface area contributed by atoms with Gasteiger partial charge in [0.25, 0.3) is 0 Å². The molecule has 0 saturated carbocycles. The minimum atomic E-state index is -3.90. The van der Waals surface area contributed by atoms with Gasteiger partial charge in [-0.25, -0.2) is 8.42 Å². The molecule has 0 spiro atoms. The number of carbonyl (C=O) groups is 1. The molecular formula is C24H23ClN2O4S. The van der Waals surface area contributed by atoms with Gasteiger partial charge in [0, 0.05) is 12.2 Å². The molecule has 1 aliphatic rings. The van der Waals surface area contributed by atoms with E-state index in [-0.39, 0.29) is 17.9 Å². The quantitative estimate of drug-likeness (QED) is 0.599. The number of halogens is 1. The highest BCUT2D eigenvalue weighted by molar-refractivity contribution is 7.89. The first-order chi connectivity index (χ1) is 15.3. The molecule has 0 fully saturated rings. The fourth-order valence-corrected chi connectivity index (χ4v) is 5.61. The summed E-state index contributed by atoms with van der Waals surface area (Å²) in [5.74, 6) is 0.0660. The molecule has 4 rings (SSSR count). The molecule has 0 saturated heterocycles. The number of methoxy groups -OCH3 is 1. The minimum Gasteiger partial charge on any atom is -0.495 e. The number of aryl methyl sites for hydroxylation is 1. The predicted molar refractivity (Wildman–Crippen MR) is 124 cm³/mol. The third kappa shape index (κ3) is 4.37. The van der Waals surface area contributed by atoms with Gasteiger partial charge in [0.1, 0.15) is 11.8 Å². The predicted octanol–water partition coefficient (Wildman–Crippen LogP) is 4.41. The van der Waals surface area contributed by atoms with Gasteiger partial charge in [-0.1, -0.05) is 53.6 Å². The number of anilines is 1. The normalized spacial score (nSPS) is 16.3. The van der Waals surface area contributed by atoms with Gasteiger partial charge < -0.3 is 10.1 Å². The number of sulfonamides is 1. The van der Waals surface area contributed by atoms with E-state index >= 15 is 0 Å². The number of hydrogen-bond acceptors (Lipinski definition) is 4. The highest BCUT2D eigenvalue weighted by Gasteiger charge is 2.39. The standard InChI is InChI=1S/C24H23ClN2O4S/c1-16-7-10-20(11-8-16)32(29,30)27-15-18-6-4-3-5-17(18)13-22(27)24(28)26-19-9-12-23(31-2)21(25)14-19/h3-12,14,22H,13,15H2,1-2H3,(H,26,28)/t22-/m1/s1. The van der Waals surface area contributed by atoms with Gasteiger partial charge in [-0.05, 0) is 54.8 Å². The Kier molecular flexibility index (Phi) is 6.24. The SMILES string of the molecule is COc1ccc(NC(=O)[C@H]2Cc3ccccc3CN2S(=O)(=O)c2ccc(C)cc2)cc1Cl. The van der Waals surface area contributed by atoms with Crippen LogP contribution in [-0.4, -0.2) is 31.8 Å². The summed E-state index contributed by atoms with van der Waals surface area (Å²) in [6.07, 6.45) is 0.275. The van der Waals surface area contributed by atoms with E-state index in [1.54, 1.807) is 42.5 Å². The maximum Gasteiger partial charge on any atom is 0.244 e. The molecule has 0 bridgehead atoms. The monoisotopic (exact) mass is 470 g/mol. The van der Waals surface area contributed by atoms with Crippen LogP contribution in [0.2, 0.25) is 5.02 Å². The molecule has 8 heteroatoms. The van der Waals surface area contributed by atoms with Crippen molar-refractivity contribution >= 4 is 33.2 Å². The maximum absolute atomic E-state index is 13.5. The number of carbonyl (C=O) groups excluding carboxylic acids is 1. The molecule has 0 unspecified atom stereocenters. The number of hydrogen-bond donors (Lipinski definition) is 1. The maximum atomic E-state index is 13.5. The first-order valence-corrected chi connectivity index (χ1v) is 11.9. The lowest BCUT2D eigenvalue weighted by atomic mass is 9.95. The third-order valence-electron chi connectivity index (χ3n) is 5.56. The first kappa shape index (κ1) is 22.3. The fraction of sp³-hybridized carbons (Fsp3) is 0.208. The first-order valence-electron chi connectivity index (χ1n) is 10.1. The van der Waals surface area contributed by atoms with Gasteiger partial charge in [0.05, 0.1) is 17.0 Å². The summed E-state index contributed by atoms with van der Waals surface area (Å²) in [5, 5.41) is 3.16. The zero-order chi connectivity index (χ0) is 22.9. The van der Waals surface area contributed by atoms with Gasteiger partial charge in [0.2, 0.25) is 15.9 Å². The molecule has 32 heavy (non-hydrogen) atoms. The van der Waals surface area contributed by atoms with Crippen molar-refractivity contribution in [2.45, 2.75) is 30.8 Å². The van der Waals surface area contributed by atoms with Crippen molar-refractivity contribution < 1.29 is 17.9 Å². The van der Waals surface area contributed by atoms with Crippen LogP contribution < -0.4 is 10.1 Å². The van der Waals surface area contributed by atoms with Crippen LogP contribution in [0.3, 0.4) is 0 Å². The fourth-order valence-electron chi connectivity index (χ4n) is 3.79. The second kappa shape index (κ2) is 8.94. The van der Waals surface area contributed by atoms with E-state index in [4.69, 9.17) is 16.3 Å². The van der Waals surface area contributed by atoms with E-state index in [1.807, 2.05) is 31.2 Å². The second-order valence-corrected chi connectivity index (χ2v) is 9.99. The number of benzene rings is 3. The summed E-state index contributed by atoms with van der Waals surface area (Å²) >= 11 is 6.18. The third-order valence-corrected chi connectivity index (χ3v) is 7.72. The van der Waals surface area contributed by atoms with Crippen LogP contribution in [0.4, 0.5) is 5.69 Å². The van der Waals surface area contributed by atoms with E-state index < -0.39 is 22.0 Å². The Morgan fingerprint density at radius 2 is 1.75 bits per heavy atom. The summed E-state index contributed by atoms with van der Waals surface area (Å²) in [5.41, 5.74) is 3.27. The topological polar surface area (TPSA) is 75.7 Å². The number of fused-ring (bicyclic) bond motifs is 1. The number of nitrogens with zero attached hydrogens (tertiary/aromatic N) is 1. The van der Waals surface area contributed by atoms with E-state index in [0.29, 0.717) is 16.5 Å². The highest BCUT2D eigenvalue weighted by atomic mass is 35.5. The summed E-state index contributed by atoms with van der Waals surface area (Å²) < 4.78 is 33.5. The van der Waals surface area contributed by atoms with Gasteiger partial charge in [0.15, 0.2) is 0 Å². The Labute approximate surface area is 192 Å². The molecular weight excluding hydrogens is 448 g/mol.